The fraction of sp³-hybridized carbons (Fsp3) is 0.308. The van der Waals surface area contributed by atoms with Crippen molar-refractivity contribution in [1.82, 2.24) is 15.1 Å². The average molecular weight is 363 g/mol. The third kappa shape index (κ3) is 3.14. The lowest BCUT2D eigenvalue weighted by molar-refractivity contribution is 0.571. The Morgan fingerprint density at radius 3 is 2.63 bits per heavy atom. The van der Waals surface area contributed by atoms with Crippen LogP contribution in [-0.2, 0) is 7.05 Å². The molecule has 0 aliphatic heterocycles. The minimum absolute atomic E-state index is 0.0154. The minimum Gasteiger partial charge on any atom is -0.305 e. The SMILES string of the molecule is CCNC(c1ccc(Cl)c(Cl)c1)c1c(Br)cnn1C. The Kier molecular flexibility index (Phi) is 4.90. The highest BCUT2D eigenvalue weighted by molar-refractivity contribution is 9.10. The molecule has 0 fully saturated rings. The molecule has 6 heteroatoms. The number of benzene rings is 1. The van der Waals surface area contributed by atoms with Crippen LogP contribution in [0.2, 0.25) is 10.0 Å². The van der Waals surface area contributed by atoms with Crippen molar-refractivity contribution in [1.29, 1.82) is 0 Å². The van der Waals surface area contributed by atoms with Gasteiger partial charge in [-0.2, -0.15) is 5.10 Å². The molecule has 1 aromatic carbocycles. The second-order valence-corrected chi connectivity index (χ2v) is 5.83. The van der Waals surface area contributed by atoms with Gasteiger partial charge in [-0.15, -0.1) is 0 Å². The van der Waals surface area contributed by atoms with Crippen LogP contribution < -0.4 is 5.32 Å². The molecule has 102 valence electrons. The van der Waals surface area contributed by atoms with Crippen molar-refractivity contribution in [3.63, 3.8) is 0 Å². The zero-order valence-electron chi connectivity index (χ0n) is 10.6. The van der Waals surface area contributed by atoms with Crippen molar-refractivity contribution in [2.45, 2.75) is 13.0 Å². The Balaban J connectivity index is 2.48. The molecule has 1 N–H and O–H groups in total. The first-order valence-corrected chi connectivity index (χ1v) is 7.45. The van der Waals surface area contributed by atoms with Gasteiger partial charge in [0.05, 0.1) is 32.5 Å². The van der Waals surface area contributed by atoms with Gasteiger partial charge in [-0.25, -0.2) is 0 Å². The van der Waals surface area contributed by atoms with Gasteiger partial charge < -0.3 is 5.32 Å². The molecule has 1 heterocycles. The van der Waals surface area contributed by atoms with Crippen molar-refractivity contribution in [2.24, 2.45) is 7.05 Å². The molecule has 3 nitrogen and oxygen atoms in total. The quantitative estimate of drug-likeness (QED) is 0.883. The Labute approximate surface area is 131 Å². The highest BCUT2D eigenvalue weighted by Gasteiger charge is 2.20. The molecular formula is C13H14BrCl2N3. The van der Waals surface area contributed by atoms with Gasteiger partial charge in [-0.05, 0) is 40.2 Å². The third-order valence-corrected chi connectivity index (χ3v) is 4.25. The maximum Gasteiger partial charge on any atom is 0.0760 e. The lowest BCUT2D eigenvalue weighted by Gasteiger charge is -2.20. The Morgan fingerprint density at radius 2 is 2.11 bits per heavy atom. The summed E-state index contributed by atoms with van der Waals surface area (Å²) in [4.78, 5) is 0. The van der Waals surface area contributed by atoms with Gasteiger partial charge in [0.15, 0.2) is 0 Å². The standard InChI is InChI=1S/C13H14BrCl2N3/c1-3-17-12(13-9(14)7-18-19(13)2)8-4-5-10(15)11(16)6-8/h4-7,12,17H,3H2,1-2H3. The van der Waals surface area contributed by atoms with E-state index < -0.39 is 0 Å². The highest BCUT2D eigenvalue weighted by Crippen LogP contribution is 2.31. The first-order valence-electron chi connectivity index (χ1n) is 5.90. The number of nitrogens with zero attached hydrogens (tertiary/aromatic N) is 2. The molecule has 0 aliphatic carbocycles. The van der Waals surface area contributed by atoms with Gasteiger partial charge in [-0.3, -0.25) is 4.68 Å². The zero-order chi connectivity index (χ0) is 14.0. The van der Waals surface area contributed by atoms with Gasteiger partial charge >= 0.3 is 0 Å². The van der Waals surface area contributed by atoms with Gasteiger partial charge in [0.2, 0.25) is 0 Å². The van der Waals surface area contributed by atoms with E-state index in [1.54, 1.807) is 6.20 Å². The summed E-state index contributed by atoms with van der Waals surface area (Å²) in [5.41, 5.74) is 2.11. The maximum atomic E-state index is 6.11. The number of hydrogen-bond donors (Lipinski definition) is 1. The molecule has 0 spiro atoms. The van der Waals surface area contributed by atoms with Crippen LogP contribution in [0.5, 0.6) is 0 Å². The van der Waals surface area contributed by atoms with Crippen LogP contribution in [0.25, 0.3) is 0 Å². The molecule has 0 bridgehead atoms. The number of aromatic nitrogens is 2. The molecule has 2 rings (SSSR count). The maximum absolute atomic E-state index is 6.11. The van der Waals surface area contributed by atoms with Crippen molar-refractivity contribution in [3.8, 4) is 0 Å². The lowest BCUT2D eigenvalue weighted by Crippen LogP contribution is -2.24. The van der Waals surface area contributed by atoms with Crippen LogP contribution in [0.4, 0.5) is 0 Å². The van der Waals surface area contributed by atoms with E-state index in [0.29, 0.717) is 10.0 Å². The number of nitrogens with one attached hydrogen (secondary N) is 1. The van der Waals surface area contributed by atoms with Gasteiger partial charge in [0, 0.05) is 7.05 Å². The zero-order valence-corrected chi connectivity index (χ0v) is 13.7. The second-order valence-electron chi connectivity index (χ2n) is 4.17. The Bertz CT molecular complexity index is 564. The number of halogens is 3. The van der Waals surface area contributed by atoms with Crippen LogP contribution in [0.15, 0.2) is 28.9 Å². The molecule has 0 radical (unpaired) electrons. The molecule has 19 heavy (non-hydrogen) atoms. The topological polar surface area (TPSA) is 29.9 Å². The summed E-state index contributed by atoms with van der Waals surface area (Å²) in [6.45, 7) is 2.90. The van der Waals surface area contributed by atoms with E-state index in [9.17, 15) is 0 Å². The monoisotopic (exact) mass is 361 g/mol. The highest BCUT2D eigenvalue weighted by atomic mass is 79.9. The number of aryl methyl sites for hydroxylation is 1. The van der Waals surface area contributed by atoms with Crippen molar-refractivity contribution >= 4 is 39.1 Å². The largest absolute Gasteiger partial charge is 0.305 e. The van der Waals surface area contributed by atoms with E-state index in [1.165, 1.54) is 0 Å². The number of hydrogen-bond acceptors (Lipinski definition) is 2. The van der Waals surface area contributed by atoms with Crippen LogP contribution >= 0.6 is 39.1 Å². The van der Waals surface area contributed by atoms with E-state index in [2.05, 4.69) is 33.3 Å². The summed E-state index contributed by atoms with van der Waals surface area (Å²) in [6.07, 6.45) is 1.79. The molecule has 0 saturated heterocycles. The van der Waals surface area contributed by atoms with Crippen LogP contribution in [0, 0.1) is 0 Å². The lowest BCUT2D eigenvalue weighted by atomic mass is 10.0. The van der Waals surface area contributed by atoms with Gasteiger partial charge in [0.1, 0.15) is 0 Å². The van der Waals surface area contributed by atoms with Crippen molar-refractivity contribution in [2.75, 3.05) is 6.54 Å². The first kappa shape index (κ1) is 14.9. The molecule has 0 aliphatic rings. The minimum atomic E-state index is 0.0154. The molecule has 1 atom stereocenters. The number of rotatable bonds is 4. The van der Waals surface area contributed by atoms with E-state index in [0.717, 1.165) is 22.3 Å². The Morgan fingerprint density at radius 1 is 1.37 bits per heavy atom. The van der Waals surface area contributed by atoms with Crippen LogP contribution in [0.1, 0.15) is 24.2 Å². The smallest absolute Gasteiger partial charge is 0.0760 e. The van der Waals surface area contributed by atoms with Crippen LogP contribution in [0.3, 0.4) is 0 Å². The molecule has 1 aromatic heterocycles. The molecule has 1 unspecified atom stereocenters. The fourth-order valence-corrected chi connectivity index (χ4v) is 2.90. The first-order chi connectivity index (χ1) is 9.04. The van der Waals surface area contributed by atoms with Crippen molar-refractivity contribution in [3.05, 3.63) is 50.2 Å². The summed E-state index contributed by atoms with van der Waals surface area (Å²) in [7, 11) is 1.92. The van der Waals surface area contributed by atoms with Crippen LogP contribution in [-0.4, -0.2) is 16.3 Å². The Hall–Kier alpha value is -0.550. The normalized spacial score (nSPS) is 12.7. The molecule has 0 amide bonds. The average Bonchev–Trinajstić information content (AvgIpc) is 2.70. The predicted molar refractivity (Wildman–Crippen MR) is 82.9 cm³/mol. The summed E-state index contributed by atoms with van der Waals surface area (Å²) in [5, 5.41) is 8.81. The predicted octanol–water partition coefficient (Wildman–Crippen LogP) is 4.19. The van der Waals surface area contributed by atoms with Gasteiger partial charge in [0.25, 0.3) is 0 Å². The summed E-state index contributed by atoms with van der Waals surface area (Å²) >= 11 is 15.6. The summed E-state index contributed by atoms with van der Waals surface area (Å²) in [5.74, 6) is 0. The summed E-state index contributed by atoms with van der Waals surface area (Å²) < 4.78 is 2.81. The fourth-order valence-electron chi connectivity index (χ4n) is 2.01. The summed E-state index contributed by atoms with van der Waals surface area (Å²) in [6, 6.07) is 5.69. The van der Waals surface area contributed by atoms with E-state index >= 15 is 0 Å². The molecular weight excluding hydrogens is 349 g/mol. The van der Waals surface area contributed by atoms with E-state index in [1.807, 2.05) is 29.9 Å². The third-order valence-electron chi connectivity index (χ3n) is 2.90. The van der Waals surface area contributed by atoms with E-state index in [-0.39, 0.29) is 6.04 Å². The van der Waals surface area contributed by atoms with Gasteiger partial charge in [-0.1, -0.05) is 36.2 Å². The van der Waals surface area contributed by atoms with E-state index in [4.69, 9.17) is 23.2 Å². The molecule has 2 aromatic rings. The van der Waals surface area contributed by atoms with Crippen molar-refractivity contribution < 1.29 is 0 Å². The second kappa shape index (κ2) is 6.27. The molecule has 0 saturated carbocycles.